The Morgan fingerprint density at radius 1 is 1.20 bits per heavy atom. The van der Waals surface area contributed by atoms with Gasteiger partial charge in [-0.2, -0.15) is 18.4 Å². The predicted molar refractivity (Wildman–Crippen MR) is 126 cm³/mol. The summed E-state index contributed by atoms with van der Waals surface area (Å²) in [4.78, 5) is 25.8. The molecule has 1 aromatic carbocycles. The van der Waals surface area contributed by atoms with Gasteiger partial charge in [0, 0.05) is 16.5 Å². The number of fused-ring (bicyclic) bond motifs is 1. The molecule has 0 saturated heterocycles. The van der Waals surface area contributed by atoms with Crippen LogP contribution >= 0.6 is 22.9 Å². The lowest BCUT2D eigenvalue weighted by atomic mass is 9.95. The monoisotopic (exact) mass is 519 g/mol. The molecule has 11 heteroatoms. The van der Waals surface area contributed by atoms with E-state index in [4.69, 9.17) is 21.8 Å². The second-order valence-electron chi connectivity index (χ2n) is 7.80. The molecule has 2 heterocycles. The molecule has 2 aromatic heterocycles. The minimum absolute atomic E-state index is 0.0133. The number of nitriles is 1. The van der Waals surface area contributed by atoms with Crippen LogP contribution in [0, 0.1) is 11.3 Å². The van der Waals surface area contributed by atoms with Crippen LogP contribution in [0.5, 0.6) is 0 Å². The summed E-state index contributed by atoms with van der Waals surface area (Å²) in [7, 11) is 0. The molecule has 4 rings (SSSR count). The summed E-state index contributed by atoms with van der Waals surface area (Å²) < 4.78 is 44.8. The van der Waals surface area contributed by atoms with Crippen LogP contribution in [-0.2, 0) is 23.8 Å². The fourth-order valence-electron chi connectivity index (χ4n) is 3.84. The quantitative estimate of drug-likeness (QED) is 0.309. The molecule has 0 saturated carbocycles. The van der Waals surface area contributed by atoms with E-state index in [9.17, 15) is 28.0 Å². The molecular formula is C24H17ClF3N3O3S. The van der Waals surface area contributed by atoms with Gasteiger partial charge in [0.1, 0.15) is 28.2 Å². The summed E-state index contributed by atoms with van der Waals surface area (Å²) in [6, 6.07) is 7.39. The van der Waals surface area contributed by atoms with Crippen molar-refractivity contribution in [2.24, 2.45) is 5.73 Å². The number of nitrogens with two attached hydrogens (primary N) is 1. The number of carbonyl (C=O) groups excluding carboxylic acids is 2. The van der Waals surface area contributed by atoms with Crippen LogP contribution in [0.15, 0.2) is 40.3 Å². The standard InChI is InChI=1S/C24H17ClF3N3O3S/c25-17-7-5-13(24(26,27)28)10-16(17)18-8-6-14(34-18)9-12(11-29)22(33)31-23-20(21(30)32)15-3-1-2-4-19(15)35-23/h5-10H,1-4H2,(H2,30,32)(H,31,33). The molecule has 0 bridgehead atoms. The van der Waals surface area contributed by atoms with E-state index in [2.05, 4.69) is 5.32 Å². The Balaban J connectivity index is 1.61. The van der Waals surface area contributed by atoms with Crippen LogP contribution in [0.4, 0.5) is 18.2 Å². The van der Waals surface area contributed by atoms with Gasteiger partial charge in [0.25, 0.3) is 11.8 Å². The van der Waals surface area contributed by atoms with E-state index >= 15 is 0 Å². The van der Waals surface area contributed by atoms with Crippen molar-refractivity contribution in [2.45, 2.75) is 31.9 Å². The highest BCUT2D eigenvalue weighted by atomic mass is 35.5. The van der Waals surface area contributed by atoms with E-state index < -0.39 is 23.6 Å². The van der Waals surface area contributed by atoms with E-state index in [1.54, 1.807) is 6.07 Å². The van der Waals surface area contributed by atoms with Gasteiger partial charge >= 0.3 is 6.18 Å². The number of nitrogens with zero attached hydrogens (tertiary/aromatic N) is 1. The minimum atomic E-state index is -4.56. The van der Waals surface area contributed by atoms with Crippen LogP contribution in [0.2, 0.25) is 5.02 Å². The summed E-state index contributed by atoms with van der Waals surface area (Å²) in [6.45, 7) is 0. The number of hydrogen-bond donors (Lipinski definition) is 2. The highest BCUT2D eigenvalue weighted by molar-refractivity contribution is 7.17. The first-order chi connectivity index (χ1) is 16.6. The number of carbonyl (C=O) groups is 2. The van der Waals surface area contributed by atoms with Crippen molar-refractivity contribution in [1.29, 1.82) is 5.26 Å². The largest absolute Gasteiger partial charge is 0.457 e. The molecular weight excluding hydrogens is 503 g/mol. The molecule has 0 atom stereocenters. The zero-order chi connectivity index (χ0) is 25.3. The molecule has 3 N–H and O–H groups in total. The number of aryl methyl sites for hydroxylation is 1. The number of amides is 2. The van der Waals surface area contributed by atoms with Crippen molar-refractivity contribution in [1.82, 2.24) is 0 Å². The molecule has 180 valence electrons. The van der Waals surface area contributed by atoms with Gasteiger partial charge in [0.2, 0.25) is 0 Å². The Kier molecular flexibility index (Phi) is 6.74. The van der Waals surface area contributed by atoms with E-state index in [1.807, 2.05) is 0 Å². The first-order valence-electron chi connectivity index (χ1n) is 10.4. The molecule has 3 aromatic rings. The van der Waals surface area contributed by atoms with Crippen LogP contribution in [-0.4, -0.2) is 11.8 Å². The lowest BCUT2D eigenvalue weighted by molar-refractivity contribution is -0.137. The highest BCUT2D eigenvalue weighted by Crippen LogP contribution is 2.39. The van der Waals surface area contributed by atoms with Gasteiger partial charge in [-0.1, -0.05) is 11.6 Å². The molecule has 0 aliphatic heterocycles. The van der Waals surface area contributed by atoms with Gasteiger partial charge in [-0.05, 0) is 61.6 Å². The average molecular weight is 520 g/mol. The molecule has 0 radical (unpaired) electrons. The molecule has 0 spiro atoms. The lowest BCUT2D eigenvalue weighted by Gasteiger charge is -2.11. The van der Waals surface area contributed by atoms with E-state index in [-0.39, 0.29) is 38.2 Å². The maximum atomic E-state index is 13.1. The Morgan fingerprint density at radius 2 is 1.94 bits per heavy atom. The predicted octanol–water partition coefficient (Wildman–Crippen LogP) is 6.20. The first-order valence-corrected chi connectivity index (χ1v) is 11.6. The van der Waals surface area contributed by atoms with Gasteiger partial charge in [-0.25, -0.2) is 0 Å². The summed E-state index contributed by atoms with van der Waals surface area (Å²) in [5.41, 5.74) is 5.42. The first kappa shape index (κ1) is 24.6. The molecule has 2 amide bonds. The zero-order valence-electron chi connectivity index (χ0n) is 18.0. The zero-order valence-corrected chi connectivity index (χ0v) is 19.5. The van der Waals surface area contributed by atoms with Crippen LogP contribution < -0.4 is 11.1 Å². The van der Waals surface area contributed by atoms with Gasteiger partial charge < -0.3 is 15.5 Å². The van der Waals surface area contributed by atoms with E-state index in [1.165, 1.54) is 23.5 Å². The summed E-state index contributed by atoms with van der Waals surface area (Å²) >= 11 is 7.31. The summed E-state index contributed by atoms with van der Waals surface area (Å²) in [6.07, 6.45) is -0.0570. The van der Waals surface area contributed by atoms with Crippen molar-refractivity contribution in [3.05, 3.63) is 68.3 Å². The second kappa shape index (κ2) is 9.60. The SMILES string of the molecule is N#CC(=Cc1ccc(-c2cc(C(F)(F)F)ccc2Cl)o1)C(=O)Nc1sc2c(c1C(N)=O)CCCC2. The Bertz CT molecular complexity index is 1400. The van der Waals surface area contributed by atoms with Crippen LogP contribution in [0.3, 0.4) is 0 Å². The normalized spacial score (nSPS) is 13.7. The summed E-state index contributed by atoms with van der Waals surface area (Å²) in [5, 5.41) is 12.4. The number of thiophene rings is 1. The fraction of sp³-hybridized carbons (Fsp3) is 0.208. The number of hydrogen-bond acceptors (Lipinski definition) is 5. The lowest BCUT2D eigenvalue weighted by Crippen LogP contribution is -2.19. The van der Waals surface area contributed by atoms with Crippen LogP contribution in [0.25, 0.3) is 17.4 Å². The third-order valence-electron chi connectivity index (χ3n) is 5.48. The van der Waals surface area contributed by atoms with Gasteiger partial charge in [0.05, 0.1) is 16.1 Å². The fourth-order valence-corrected chi connectivity index (χ4v) is 5.34. The molecule has 35 heavy (non-hydrogen) atoms. The number of furan rings is 1. The smallest absolute Gasteiger partial charge is 0.416 e. The van der Waals surface area contributed by atoms with E-state index in [0.717, 1.165) is 54.0 Å². The Hall–Kier alpha value is -3.55. The van der Waals surface area contributed by atoms with Gasteiger partial charge in [-0.3, -0.25) is 9.59 Å². The number of anilines is 1. The molecule has 1 aliphatic carbocycles. The van der Waals surface area contributed by atoms with Crippen LogP contribution in [0.1, 0.15) is 45.0 Å². The van der Waals surface area contributed by atoms with Crippen molar-refractivity contribution in [2.75, 3.05) is 5.32 Å². The number of nitrogens with one attached hydrogen (secondary N) is 1. The van der Waals surface area contributed by atoms with Crippen molar-refractivity contribution in [3.8, 4) is 17.4 Å². The maximum Gasteiger partial charge on any atom is 0.416 e. The number of primary amides is 1. The topological polar surface area (TPSA) is 109 Å². The summed E-state index contributed by atoms with van der Waals surface area (Å²) in [5.74, 6) is -1.34. The third kappa shape index (κ3) is 5.11. The Labute approximate surface area is 206 Å². The molecule has 0 unspecified atom stereocenters. The Morgan fingerprint density at radius 3 is 2.63 bits per heavy atom. The number of halogens is 4. The van der Waals surface area contributed by atoms with E-state index in [0.29, 0.717) is 6.42 Å². The molecule has 1 aliphatic rings. The minimum Gasteiger partial charge on any atom is -0.457 e. The number of benzene rings is 1. The highest BCUT2D eigenvalue weighted by Gasteiger charge is 2.31. The van der Waals surface area contributed by atoms with Gasteiger partial charge in [0.15, 0.2) is 0 Å². The van der Waals surface area contributed by atoms with Gasteiger partial charge in [-0.15, -0.1) is 11.3 Å². The van der Waals surface area contributed by atoms with Crippen molar-refractivity contribution < 1.29 is 27.2 Å². The molecule has 6 nitrogen and oxygen atoms in total. The van der Waals surface area contributed by atoms with Crippen molar-refractivity contribution >= 4 is 45.8 Å². The average Bonchev–Trinajstić information content (AvgIpc) is 3.40. The number of alkyl halides is 3. The second-order valence-corrected chi connectivity index (χ2v) is 9.31. The molecule has 0 fully saturated rings. The van der Waals surface area contributed by atoms with Crippen molar-refractivity contribution in [3.63, 3.8) is 0 Å². The maximum absolute atomic E-state index is 13.1. The number of rotatable bonds is 5. The third-order valence-corrected chi connectivity index (χ3v) is 7.02.